The first kappa shape index (κ1) is 24.2. The number of benzene rings is 1. The number of ether oxygens (including phenoxy) is 1. The first-order valence-electron chi connectivity index (χ1n) is 11.5. The van der Waals surface area contributed by atoms with Gasteiger partial charge >= 0.3 is 0 Å². The number of hydrogen-bond acceptors (Lipinski definition) is 10. The molecule has 1 amide bonds. The van der Waals surface area contributed by atoms with E-state index in [0.29, 0.717) is 78.6 Å². The molecular formula is C24H22ClN9O3. The fourth-order valence-electron chi connectivity index (χ4n) is 3.79. The van der Waals surface area contributed by atoms with Gasteiger partial charge in [0.15, 0.2) is 5.65 Å². The lowest BCUT2D eigenvalue weighted by atomic mass is 10.1. The summed E-state index contributed by atoms with van der Waals surface area (Å²) < 4.78 is 6.79. The van der Waals surface area contributed by atoms with Crippen LogP contribution in [0.25, 0.3) is 16.9 Å². The van der Waals surface area contributed by atoms with E-state index in [1.807, 2.05) is 6.07 Å². The van der Waals surface area contributed by atoms with Crippen LogP contribution in [-0.2, 0) is 4.74 Å². The number of nitrogens with zero attached hydrogens (tertiary/aromatic N) is 7. The number of carbonyl (C=O) groups excluding carboxylic acids is 1. The summed E-state index contributed by atoms with van der Waals surface area (Å²) in [5, 5.41) is 30.5. The first-order valence-corrected chi connectivity index (χ1v) is 11.9. The van der Waals surface area contributed by atoms with Crippen LogP contribution in [0.1, 0.15) is 16.2 Å². The van der Waals surface area contributed by atoms with E-state index < -0.39 is 0 Å². The molecule has 1 fully saturated rings. The Balaban J connectivity index is 1.42. The van der Waals surface area contributed by atoms with Crippen LogP contribution >= 0.6 is 11.6 Å². The second-order valence-corrected chi connectivity index (χ2v) is 8.57. The van der Waals surface area contributed by atoms with Gasteiger partial charge in [0.2, 0.25) is 11.8 Å². The molecule has 0 aliphatic carbocycles. The normalized spacial score (nSPS) is 13.4. The van der Waals surface area contributed by atoms with Crippen LogP contribution in [0.15, 0.2) is 42.6 Å². The third-order valence-electron chi connectivity index (χ3n) is 5.66. The van der Waals surface area contributed by atoms with Gasteiger partial charge in [0, 0.05) is 49.0 Å². The summed E-state index contributed by atoms with van der Waals surface area (Å²) in [6.45, 7) is 2.77. The molecule has 3 N–H and O–H groups in total. The van der Waals surface area contributed by atoms with E-state index in [2.05, 4.69) is 30.7 Å². The third-order valence-corrected chi connectivity index (χ3v) is 5.89. The lowest BCUT2D eigenvalue weighted by Gasteiger charge is -2.25. The quantitative estimate of drug-likeness (QED) is 0.310. The molecular weight excluding hydrogens is 498 g/mol. The number of hydrogen-bond donors (Lipinski definition) is 3. The zero-order chi connectivity index (χ0) is 25.8. The summed E-state index contributed by atoms with van der Waals surface area (Å²) >= 11 is 6.00. The highest BCUT2D eigenvalue weighted by Crippen LogP contribution is 2.31. The van der Waals surface area contributed by atoms with Crippen molar-refractivity contribution in [3.63, 3.8) is 0 Å². The number of morpholine rings is 1. The second kappa shape index (κ2) is 10.7. The number of pyridine rings is 1. The van der Waals surface area contributed by atoms with Crippen LogP contribution in [0, 0.1) is 11.3 Å². The molecule has 0 unspecified atom stereocenters. The number of fused-ring (bicyclic) bond motifs is 1. The van der Waals surface area contributed by atoms with Crippen LogP contribution < -0.4 is 10.6 Å². The number of phenolic OH excluding ortho intramolecular Hbond substituents is 1. The number of aromatic nitrogens is 5. The molecule has 1 aromatic carbocycles. The molecule has 13 heteroatoms. The maximum atomic E-state index is 13.0. The van der Waals surface area contributed by atoms with Gasteiger partial charge in [-0.25, -0.2) is 15.0 Å². The third kappa shape index (κ3) is 5.37. The summed E-state index contributed by atoms with van der Waals surface area (Å²) in [4.78, 5) is 27.9. The monoisotopic (exact) mass is 519 g/mol. The first-order chi connectivity index (χ1) is 18.0. The summed E-state index contributed by atoms with van der Waals surface area (Å²) in [6.07, 6.45) is 1.49. The van der Waals surface area contributed by atoms with Crippen molar-refractivity contribution in [2.75, 3.05) is 50.0 Å². The molecule has 1 aliphatic heterocycles. The number of nitrogens with one attached hydrogen (secondary N) is 2. The van der Waals surface area contributed by atoms with Crippen LogP contribution in [0.5, 0.6) is 5.75 Å². The van der Waals surface area contributed by atoms with Crippen molar-refractivity contribution in [2.45, 2.75) is 0 Å². The minimum atomic E-state index is -0.289. The second-order valence-electron chi connectivity index (χ2n) is 8.13. The van der Waals surface area contributed by atoms with E-state index in [1.54, 1.807) is 35.2 Å². The molecule has 5 rings (SSSR count). The molecule has 4 aromatic rings. The van der Waals surface area contributed by atoms with Crippen molar-refractivity contribution in [1.29, 1.82) is 5.26 Å². The molecule has 188 valence electrons. The molecule has 37 heavy (non-hydrogen) atoms. The molecule has 0 spiro atoms. The van der Waals surface area contributed by atoms with Crippen LogP contribution in [-0.4, -0.2) is 79.9 Å². The van der Waals surface area contributed by atoms with E-state index in [1.165, 1.54) is 16.8 Å². The zero-order valence-electron chi connectivity index (χ0n) is 19.6. The van der Waals surface area contributed by atoms with Crippen LogP contribution in [0.4, 0.5) is 11.8 Å². The van der Waals surface area contributed by atoms with Gasteiger partial charge in [0.1, 0.15) is 17.6 Å². The number of carbonyl (C=O) groups is 1. The van der Waals surface area contributed by atoms with Crippen molar-refractivity contribution in [3.8, 4) is 23.1 Å². The van der Waals surface area contributed by atoms with Gasteiger partial charge in [0.05, 0.1) is 24.5 Å². The van der Waals surface area contributed by atoms with Gasteiger partial charge in [-0.05, 0) is 30.3 Å². The molecule has 0 saturated carbocycles. The van der Waals surface area contributed by atoms with E-state index >= 15 is 0 Å². The topological polar surface area (TPSA) is 154 Å². The van der Waals surface area contributed by atoms with E-state index in [0.717, 1.165) is 0 Å². The number of rotatable bonds is 7. The molecule has 1 aliphatic rings. The SMILES string of the molecule is N#Cc1ccc(NCCNc2nc(-c3ccc(Cl)cc3O)cc3nc(C(=O)N4CCOCC4)nn23)nc1. The van der Waals surface area contributed by atoms with Crippen LogP contribution in [0.3, 0.4) is 0 Å². The Bertz CT molecular complexity index is 1480. The molecule has 4 heterocycles. The molecule has 1 saturated heterocycles. The summed E-state index contributed by atoms with van der Waals surface area (Å²) in [5.41, 5.74) is 1.76. The van der Waals surface area contributed by atoms with E-state index in [9.17, 15) is 9.90 Å². The summed E-state index contributed by atoms with van der Waals surface area (Å²) in [5.74, 6) is 0.683. The Kier molecular flexibility index (Phi) is 6.98. The molecule has 0 radical (unpaired) electrons. The fourth-order valence-corrected chi connectivity index (χ4v) is 3.96. The highest BCUT2D eigenvalue weighted by atomic mass is 35.5. The highest BCUT2D eigenvalue weighted by Gasteiger charge is 2.24. The lowest BCUT2D eigenvalue weighted by Crippen LogP contribution is -2.41. The molecule has 0 atom stereocenters. The standard InChI is InChI=1S/C24H22ClN9O3/c25-16-2-3-17(19(35)11-16)18-12-21-31-22(23(36)33-7-9-37-10-8-33)32-34(21)24(30-18)28-6-5-27-20-4-1-15(13-26)14-29-20/h1-4,11-12,14,35H,5-10H2,(H,27,29)(H,28,30). The minimum absolute atomic E-state index is 0.0343. The Morgan fingerprint density at radius 1 is 1.14 bits per heavy atom. The Morgan fingerprint density at radius 3 is 2.68 bits per heavy atom. The van der Waals surface area contributed by atoms with E-state index in [4.69, 9.17) is 21.6 Å². The largest absolute Gasteiger partial charge is 0.507 e. The predicted molar refractivity (Wildman–Crippen MR) is 136 cm³/mol. The van der Waals surface area contributed by atoms with Crippen molar-refractivity contribution < 1.29 is 14.6 Å². The van der Waals surface area contributed by atoms with Crippen molar-refractivity contribution in [1.82, 2.24) is 29.5 Å². The molecule has 3 aromatic heterocycles. The summed E-state index contributed by atoms with van der Waals surface area (Å²) in [6, 6.07) is 11.8. The van der Waals surface area contributed by atoms with Crippen LogP contribution in [0.2, 0.25) is 5.02 Å². The number of aromatic hydroxyl groups is 1. The van der Waals surface area contributed by atoms with Gasteiger partial charge in [-0.3, -0.25) is 4.79 Å². The number of halogens is 1. The van der Waals surface area contributed by atoms with Gasteiger partial charge in [0.25, 0.3) is 5.91 Å². The summed E-state index contributed by atoms with van der Waals surface area (Å²) in [7, 11) is 0. The average Bonchev–Trinajstić information content (AvgIpc) is 3.36. The number of nitriles is 1. The minimum Gasteiger partial charge on any atom is -0.507 e. The fraction of sp³-hybridized carbons (Fsp3) is 0.250. The number of anilines is 2. The van der Waals surface area contributed by atoms with Gasteiger partial charge in [-0.1, -0.05) is 11.6 Å². The van der Waals surface area contributed by atoms with E-state index in [-0.39, 0.29) is 17.5 Å². The smallest absolute Gasteiger partial charge is 0.293 e. The highest BCUT2D eigenvalue weighted by molar-refractivity contribution is 6.30. The maximum absolute atomic E-state index is 13.0. The predicted octanol–water partition coefficient (Wildman–Crippen LogP) is 2.41. The van der Waals surface area contributed by atoms with Gasteiger partial charge < -0.3 is 25.4 Å². The lowest BCUT2D eigenvalue weighted by molar-refractivity contribution is 0.0295. The Morgan fingerprint density at radius 2 is 1.95 bits per heavy atom. The number of amides is 1. The number of phenols is 1. The van der Waals surface area contributed by atoms with Crippen molar-refractivity contribution in [2.24, 2.45) is 0 Å². The average molecular weight is 520 g/mol. The Hall–Kier alpha value is -4.47. The van der Waals surface area contributed by atoms with Crippen molar-refractivity contribution in [3.05, 3.63) is 59.0 Å². The van der Waals surface area contributed by atoms with Crippen molar-refractivity contribution >= 4 is 34.9 Å². The van der Waals surface area contributed by atoms with Gasteiger partial charge in [-0.15, -0.1) is 5.10 Å². The zero-order valence-corrected chi connectivity index (χ0v) is 20.3. The molecule has 12 nitrogen and oxygen atoms in total. The maximum Gasteiger partial charge on any atom is 0.293 e. The Labute approximate surface area is 216 Å². The molecule has 0 bridgehead atoms. The van der Waals surface area contributed by atoms with Gasteiger partial charge in [-0.2, -0.15) is 9.78 Å².